The number of alkyl halides is 3. The lowest BCUT2D eigenvalue weighted by Crippen LogP contribution is -2.27. The van der Waals surface area contributed by atoms with E-state index in [2.05, 4.69) is 10.6 Å². The lowest BCUT2D eigenvalue weighted by Gasteiger charge is -2.18. The number of halogens is 4. The standard InChI is InChI=1S/C23H22F4N2O/c1-4-28-21-12-20(24)19(9-13(21)2)14(3)29-22(30)17-6-5-16-11-18(23(25,26)27)8-7-15(16)10-17/h5-12,14,28H,4H2,1-3H3,(H,29,30)/t14-/m1/s1. The molecule has 3 rings (SSSR count). The summed E-state index contributed by atoms with van der Waals surface area (Å²) >= 11 is 0. The number of hydrogen-bond donors (Lipinski definition) is 2. The molecular weight excluding hydrogens is 396 g/mol. The van der Waals surface area contributed by atoms with Gasteiger partial charge in [0.2, 0.25) is 0 Å². The number of fused-ring (bicyclic) bond motifs is 1. The Morgan fingerprint density at radius 1 is 1.03 bits per heavy atom. The van der Waals surface area contributed by atoms with Crippen LogP contribution < -0.4 is 10.6 Å². The maximum Gasteiger partial charge on any atom is 0.416 e. The molecule has 0 unspecified atom stereocenters. The largest absolute Gasteiger partial charge is 0.416 e. The molecule has 7 heteroatoms. The average molecular weight is 418 g/mol. The van der Waals surface area contributed by atoms with Crippen LogP contribution in [0.3, 0.4) is 0 Å². The second-order valence-electron chi connectivity index (χ2n) is 7.19. The van der Waals surface area contributed by atoms with E-state index >= 15 is 0 Å². The van der Waals surface area contributed by atoms with Crippen LogP contribution in [0.5, 0.6) is 0 Å². The number of carbonyl (C=O) groups is 1. The Hall–Kier alpha value is -3.09. The Morgan fingerprint density at radius 2 is 1.70 bits per heavy atom. The molecular formula is C23H22F4N2O. The zero-order valence-electron chi connectivity index (χ0n) is 16.8. The van der Waals surface area contributed by atoms with Crippen LogP contribution in [0.25, 0.3) is 10.8 Å². The normalized spacial score (nSPS) is 12.6. The Bertz CT molecular complexity index is 1090. The highest BCUT2D eigenvalue weighted by Gasteiger charge is 2.30. The average Bonchev–Trinajstić information content (AvgIpc) is 2.69. The van der Waals surface area contributed by atoms with Crippen molar-refractivity contribution in [2.45, 2.75) is 33.0 Å². The van der Waals surface area contributed by atoms with Gasteiger partial charge < -0.3 is 10.6 Å². The molecule has 0 radical (unpaired) electrons. The van der Waals surface area contributed by atoms with Crippen LogP contribution in [-0.4, -0.2) is 12.5 Å². The Balaban J connectivity index is 1.81. The fraction of sp³-hybridized carbons (Fsp3) is 0.261. The van der Waals surface area contributed by atoms with Gasteiger partial charge in [-0.05, 0) is 73.5 Å². The summed E-state index contributed by atoms with van der Waals surface area (Å²) in [6, 6.07) is 10.3. The van der Waals surface area contributed by atoms with Gasteiger partial charge in [0.25, 0.3) is 5.91 Å². The van der Waals surface area contributed by atoms with E-state index < -0.39 is 29.5 Å². The van der Waals surface area contributed by atoms with Gasteiger partial charge in [0.1, 0.15) is 5.82 Å². The summed E-state index contributed by atoms with van der Waals surface area (Å²) < 4.78 is 53.1. The van der Waals surface area contributed by atoms with E-state index in [9.17, 15) is 22.4 Å². The second-order valence-corrected chi connectivity index (χ2v) is 7.19. The van der Waals surface area contributed by atoms with E-state index in [0.717, 1.165) is 17.7 Å². The van der Waals surface area contributed by atoms with Gasteiger partial charge in [0, 0.05) is 23.4 Å². The predicted octanol–water partition coefficient (Wildman–Crippen LogP) is 6.23. The molecule has 0 fully saturated rings. The van der Waals surface area contributed by atoms with Crippen LogP contribution >= 0.6 is 0 Å². The number of carbonyl (C=O) groups excluding carboxylic acids is 1. The van der Waals surface area contributed by atoms with Gasteiger partial charge in [-0.15, -0.1) is 0 Å². The number of aryl methyl sites for hydroxylation is 1. The van der Waals surface area contributed by atoms with Gasteiger partial charge in [0.05, 0.1) is 11.6 Å². The molecule has 0 bridgehead atoms. The highest BCUT2D eigenvalue weighted by atomic mass is 19.4. The predicted molar refractivity (Wildman–Crippen MR) is 110 cm³/mol. The molecule has 2 N–H and O–H groups in total. The van der Waals surface area contributed by atoms with Crippen LogP contribution in [0.2, 0.25) is 0 Å². The van der Waals surface area contributed by atoms with Crippen molar-refractivity contribution in [2.75, 3.05) is 11.9 Å². The number of rotatable bonds is 5. The van der Waals surface area contributed by atoms with Crippen LogP contribution in [0.1, 0.15) is 46.9 Å². The maximum atomic E-state index is 14.5. The van der Waals surface area contributed by atoms with Crippen molar-refractivity contribution in [2.24, 2.45) is 0 Å². The second kappa shape index (κ2) is 8.34. The van der Waals surface area contributed by atoms with Crippen molar-refractivity contribution in [3.63, 3.8) is 0 Å². The molecule has 1 atom stereocenters. The van der Waals surface area contributed by atoms with Crippen molar-refractivity contribution in [3.05, 3.63) is 76.6 Å². The lowest BCUT2D eigenvalue weighted by molar-refractivity contribution is -0.137. The number of benzene rings is 3. The number of hydrogen-bond acceptors (Lipinski definition) is 2. The van der Waals surface area contributed by atoms with E-state index in [1.807, 2.05) is 13.8 Å². The van der Waals surface area contributed by atoms with Gasteiger partial charge in [-0.2, -0.15) is 13.2 Å². The molecule has 3 aromatic carbocycles. The van der Waals surface area contributed by atoms with Crippen molar-refractivity contribution in [3.8, 4) is 0 Å². The minimum absolute atomic E-state index is 0.288. The van der Waals surface area contributed by atoms with Crippen molar-refractivity contribution < 1.29 is 22.4 Å². The summed E-state index contributed by atoms with van der Waals surface area (Å²) in [5.74, 6) is -0.861. The molecule has 1 amide bonds. The monoisotopic (exact) mass is 418 g/mol. The molecule has 0 spiro atoms. The fourth-order valence-corrected chi connectivity index (χ4v) is 3.34. The van der Waals surface area contributed by atoms with Crippen molar-refractivity contribution in [1.29, 1.82) is 0 Å². The van der Waals surface area contributed by atoms with E-state index in [1.165, 1.54) is 30.3 Å². The third-order valence-electron chi connectivity index (χ3n) is 4.95. The van der Waals surface area contributed by atoms with Crippen LogP contribution in [-0.2, 0) is 6.18 Å². The molecule has 3 aromatic rings. The summed E-state index contributed by atoms with van der Waals surface area (Å²) in [5, 5.41) is 6.73. The van der Waals surface area contributed by atoms with Gasteiger partial charge >= 0.3 is 6.18 Å². The molecule has 0 aliphatic heterocycles. The Morgan fingerprint density at radius 3 is 2.37 bits per heavy atom. The summed E-state index contributed by atoms with van der Waals surface area (Å²) in [5.41, 5.74) is 1.46. The summed E-state index contributed by atoms with van der Waals surface area (Å²) in [6.07, 6.45) is -4.43. The lowest BCUT2D eigenvalue weighted by atomic mass is 10.0. The number of amides is 1. The fourth-order valence-electron chi connectivity index (χ4n) is 3.34. The molecule has 0 heterocycles. The molecule has 30 heavy (non-hydrogen) atoms. The molecule has 0 saturated carbocycles. The SMILES string of the molecule is CCNc1cc(F)c([C@@H](C)NC(=O)c2ccc3cc(C(F)(F)F)ccc3c2)cc1C. The van der Waals surface area contributed by atoms with E-state index in [-0.39, 0.29) is 5.56 Å². The summed E-state index contributed by atoms with van der Waals surface area (Å²) in [7, 11) is 0. The highest BCUT2D eigenvalue weighted by molar-refractivity contribution is 5.98. The van der Waals surface area contributed by atoms with E-state index in [0.29, 0.717) is 28.6 Å². The third kappa shape index (κ3) is 4.56. The zero-order chi connectivity index (χ0) is 22.1. The number of anilines is 1. The third-order valence-corrected chi connectivity index (χ3v) is 4.95. The Labute approximate surface area is 172 Å². The summed E-state index contributed by atoms with van der Waals surface area (Å²) in [6.45, 7) is 6.12. The van der Waals surface area contributed by atoms with Gasteiger partial charge in [0.15, 0.2) is 0 Å². The minimum atomic E-state index is -4.43. The maximum absolute atomic E-state index is 14.5. The first-order valence-electron chi connectivity index (χ1n) is 9.56. The van der Waals surface area contributed by atoms with Crippen LogP contribution in [0, 0.1) is 12.7 Å². The molecule has 0 saturated heterocycles. The zero-order valence-corrected chi connectivity index (χ0v) is 16.8. The Kier molecular flexibility index (Phi) is 6.01. The molecule has 0 aliphatic carbocycles. The molecule has 0 aromatic heterocycles. The minimum Gasteiger partial charge on any atom is -0.385 e. The highest BCUT2D eigenvalue weighted by Crippen LogP contribution is 2.32. The van der Waals surface area contributed by atoms with E-state index in [1.54, 1.807) is 13.0 Å². The van der Waals surface area contributed by atoms with Gasteiger partial charge in [-0.3, -0.25) is 4.79 Å². The topological polar surface area (TPSA) is 41.1 Å². The molecule has 0 aliphatic rings. The summed E-state index contributed by atoms with van der Waals surface area (Å²) in [4.78, 5) is 12.6. The quantitative estimate of drug-likeness (QED) is 0.483. The van der Waals surface area contributed by atoms with Crippen molar-refractivity contribution >= 4 is 22.4 Å². The smallest absolute Gasteiger partial charge is 0.385 e. The molecule has 3 nitrogen and oxygen atoms in total. The first-order chi connectivity index (χ1) is 14.1. The van der Waals surface area contributed by atoms with Gasteiger partial charge in [-0.1, -0.05) is 12.1 Å². The number of nitrogens with one attached hydrogen (secondary N) is 2. The van der Waals surface area contributed by atoms with E-state index in [4.69, 9.17) is 0 Å². The van der Waals surface area contributed by atoms with Crippen LogP contribution in [0.15, 0.2) is 48.5 Å². The first kappa shape index (κ1) is 21.6. The first-order valence-corrected chi connectivity index (χ1v) is 9.56. The van der Waals surface area contributed by atoms with Crippen molar-refractivity contribution in [1.82, 2.24) is 5.32 Å². The van der Waals surface area contributed by atoms with Gasteiger partial charge in [-0.25, -0.2) is 4.39 Å². The van der Waals surface area contributed by atoms with Crippen LogP contribution in [0.4, 0.5) is 23.2 Å². The molecule has 158 valence electrons.